The molecule has 1 aliphatic heterocycles. The van der Waals surface area contributed by atoms with Gasteiger partial charge in [-0.3, -0.25) is 0 Å². The van der Waals surface area contributed by atoms with Crippen LogP contribution in [0.4, 0.5) is 4.79 Å². The number of carbonyl (C=O) groups is 2. The SMILES string of the molecule is COCCC(NC(=O)NCC1(C)CCOCC1)C(=O)O. The van der Waals surface area contributed by atoms with Crippen LogP contribution in [-0.4, -0.2) is 56.6 Å². The lowest BCUT2D eigenvalue weighted by Crippen LogP contribution is -2.49. The van der Waals surface area contributed by atoms with E-state index in [4.69, 9.17) is 14.6 Å². The number of nitrogens with one attached hydrogen (secondary N) is 2. The van der Waals surface area contributed by atoms with Crippen LogP contribution in [0.15, 0.2) is 0 Å². The van der Waals surface area contributed by atoms with Gasteiger partial charge in [-0.15, -0.1) is 0 Å². The second-order valence-electron chi connectivity index (χ2n) is 5.42. The van der Waals surface area contributed by atoms with Gasteiger partial charge in [0.1, 0.15) is 6.04 Å². The van der Waals surface area contributed by atoms with E-state index < -0.39 is 18.0 Å². The maximum Gasteiger partial charge on any atom is 0.326 e. The highest BCUT2D eigenvalue weighted by Gasteiger charge is 2.28. The molecule has 7 nitrogen and oxygen atoms in total. The zero-order chi connectivity index (χ0) is 15.0. The van der Waals surface area contributed by atoms with Crippen LogP contribution in [0.25, 0.3) is 0 Å². The third-order valence-electron chi connectivity index (χ3n) is 3.59. The fourth-order valence-corrected chi connectivity index (χ4v) is 2.04. The van der Waals surface area contributed by atoms with E-state index in [2.05, 4.69) is 17.6 Å². The van der Waals surface area contributed by atoms with Gasteiger partial charge in [-0.2, -0.15) is 0 Å². The van der Waals surface area contributed by atoms with E-state index in [9.17, 15) is 9.59 Å². The Bertz CT molecular complexity index is 329. The first-order valence-electron chi connectivity index (χ1n) is 6.81. The molecule has 1 saturated heterocycles. The lowest BCUT2D eigenvalue weighted by molar-refractivity contribution is -0.139. The first-order chi connectivity index (χ1) is 9.47. The molecule has 0 aromatic carbocycles. The molecule has 0 aliphatic carbocycles. The third kappa shape index (κ3) is 5.75. The van der Waals surface area contributed by atoms with Crippen molar-refractivity contribution in [2.45, 2.75) is 32.2 Å². The Hall–Kier alpha value is -1.34. The molecule has 3 N–H and O–H groups in total. The highest BCUT2D eigenvalue weighted by molar-refractivity contribution is 5.82. The topological polar surface area (TPSA) is 96.9 Å². The molecule has 1 heterocycles. The first kappa shape index (κ1) is 16.7. The predicted octanol–water partition coefficient (Wildman–Crippen LogP) is 0.592. The van der Waals surface area contributed by atoms with E-state index in [0.29, 0.717) is 19.8 Å². The van der Waals surface area contributed by atoms with Crippen molar-refractivity contribution >= 4 is 12.0 Å². The smallest absolute Gasteiger partial charge is 0.326 e. The number of amides is 2. The second-order valence-corrected chi connectivity index (χ2v) is 5.42. The van der Waals surface area contributed by atoms with Crippen LogP contribution in [-0.2, 0) is 14.3 Å². The number of hydrogen-bond acceptors (Lipinski definition) is 4. The summed E-state index contributed by atoms with van der Waals surface area (Å²) in [5, 5.41) is 14.2. The standard InChI is InChI=1S/C13H24N2O5/c1-13(4-7-20-8-5-13)9-14-12(18)15-10(11(16)17)3-6-19-2/h10H,3-9H2,1-2H3,(H,16,17)(H2,14,15,18). The number of aliphatic carboxylic acids is 1. The van der Waals surface area contributed by atoms with E-state index in [0.717, 1.165) is 12.8 Å². The van der Waals surface area contributed by atoms with Crippen molar-refractivity contribution < 1.29 is 24.2 Å². The lowest BCUT2D eigenvalue weighted by Gasteiger charge is -2.33. The van der Waals surface area contributed by atoms with Gasteiger partial charge in [-0.05, 0) is 18.3 Å². The molecule has 116 valence electrons. The van der Waals surface area contributed by atoms with Crippen molar-refractivity contribution in [2.75, 3.05) is 33.5 Å². The predicted molar refractivity (Wildman–Crippen MR) is 72.6 cm³/mol. The number of carboxylic acids is 1. The molecule has 0 radical (unpaired) electrons. The summed E-state index contributed by atoms with van der Waals surface area (Å²) in [6, 6.07) is -1.39. The summed E-state index contributed by atoms with van der Waals surface area (Å²) in [6.45, 7) is 4.29. The van der Waals surface area contributed by atoms with Crippen molar-refractivity contribution in [2.24, 2.45) is 5.41 Å². The number of rotatable bonds is 7. The van der Waals surface area contributed by atoms with Crippen molar-refractivity contribution in [1.29, 1.82) is 0 Å². The van der Waals surface area contributed by atoms with Gasteiger partial charge in [0, 0.05) is 39.9 Å². The van der Waals surface area contributed by atoms with Crippen molar-refractivity contribution in [1.82, 2.24) is 10.6 Å². The largest absolute Gasteiger partial charge is 0.480 e. The molecular formula is C13H24N2O5. The molecule has 1 fully saturated rings. The Morgan fingerprint density at radius 2 is 2.05 bits per heavy atom. The first-order valence-corrected chi connectivity index (χ1v) is 6.81. The number of carboxylic acid groups (broad SMARTS) is 1. The normalized spacial score (nSPS) is 19.1. The van der Waals surface area contributed by atoms with Gasteiger partial charge in [0.2, 0.25) is 0 Å². The van der Waals surface area contributed by atoms with Crippen molar-refractivity contribution in [3.8, 4) is 0 Å². The van der Waals surface area contributed by atoms with Gasteiger partial charge >= 0.3 is 12.0 Å². The Balaban J connectivity index is 2.35. The quantitative estimate of drug-likeness (QED) is 0.637. The van der Waals surface area contributed by atoms with E-state index in [-0.39, 0.29) is 18.4 Å². The Morgan fingerprint density at radius 3 is 2.60 bits per heavy atom. The van der Waals surface area contributed by atoms with Crippen LogP contribution in [0.3, 0.4) is 0 Å². The number of urea groups is 1. The maximum absolute atomic E-state index is 11.7. The molecule has 0 aromatic heterocycles. The van der Waals surface area contributed by atoms with Gasteiger partial charge in [0.05, 0.1) is 0 Å². The molecular weight excluding hydrogens is 264 g/mol. The molecule has 7 heteroatoms. The zero-order valence-electron chi connectivity index (χ0n) is 12.1. The van der Waals surface area contributed by atoms with Crippen LogP contribution in [0.2, 0.25) is 0 Å². The summed E-state index contributed by atoms with van der Waals surface area (Å²) in [5.41, 5.74) is 0.0147. The summed E-state index contributed by atoms with van der Waals surface area (Å²) in [6.07, 6.45) is 2.02. The van der Waals surface area contributed by atoms with E-state index in [1.807, 2.05) is 0 Å². The van der Waals surface area contributed by atoms with Gasteiger partial charge in [-0.25, -0.2) is 9.59 Å². The molecule has 1 aliphatic rings. The fourth-order valence-electron chi connectivity index (χ4n) is 2.04. The van der Waals surface area contributed by atoms with Crippen LogP contribution < -0.4 is 10.6 Å². The number of carbonyl (C=O) groups excluding carboxylic acids is 1. The van der Waals surface area contributed by atoms with Gasteiger partial charge in [0.15, 0.2) is 0 Å². The summed E-state index contributed by atoms with van der Waals surface area (Å²) in [4.78, 5) is 22.7. The average Bonchev–Trinajstić information content (AvgIpc) is 2.42. The second kappa shape index (κ2) is 8.06. The fraction of sp³-hybridized carbons (Fsp3) is 0.846. The molecule has 0 aromatic rings. The summed E-state index contributed by atoms with van der Waals surface area (Å²) < 4.78 is 10.1. The zero-order valence-corrected chi connectivity index (χ0v) is 12.1. The Kier molecular flexibility index (Phi) is 6.74. The number of ether oxygens (including phenoxy) is 2. The monoisotopic (exact) mass is 288 g/mol. The van der Waals surface area contributed by atoms with Crippen LogP contribution in [0.1, 0.15) is 26.2 Å². The number of methoxy groups -OCH3 is 1. The molecule has 2 amide bonds. The molecule has 20 heavy (non-hydrogen) atoms. The highest BCUT2D eigenvalue weighted by atomic mass is 16.5. The van der Waals surface area contributed by atoms with Crippen LogP contribution >= 0.6 is 0 Å². The highest BCUT2D eigenvalue weighted by Crippen LogP contribution is 2.28. The minimum Gasteiger partial charge on any atom is -0.480 e. The molecule has 0 bridgehead atoms. The Morgan fingerprint density at radius 1 is 1.40 bits per heavy atom. The summed E-state index contributed by atoms with van der Waals surface area (Å²) in [5.74, 6) is -1.06. The van der Waals surface area contributed by atoms with E-state index in [1.54, 1.807) is 0 Å². The average molecular weight is 288 g/mol. The van der Waals surface area contributed by atoms with Gasteiger partial charge in [-0.1, -0.05) is 6.92 Å². The molecule has 1 atom stereocenters. The molecule has 1 rings (SSSR count). The third-order valence-corrected chi connectivity index (χ3v) is 3.59. The van der Waals surface area contributed by atoms with Gasteiger partial charge in [0.25, 0.3) is 0 Å². The lowest BCUT2D eigenvalue weighted by atomic mass is 9.82. The molecule has 1 unspecified atom stereocenters. The Labute approximate surface area is 119 Å². The minimum atomic E-state index is -1.06. The van der Waals surface area contributed by atoms with Crippen LogP contribution in [0, 0.1) is 5.41 Å². The van der Waals surface area contributed by atoms with Gasteiger partial charge < -0.3 is 25.2 Å². The van der Waals surface area contributed by atoms with E-state index >= 15 is 0 Å². The summed E-state index contributed by atoms with van der Waals surface area (Å²) >= 11 is 0. The minimum absolute atomic E-state index is 0.0147. The summed E-state index contributed by atoms with van der Waals surface area (Å²) in [7, 11) is 1.49. The molecule has 0 saturated carbocycles. The van der Waals surface area contributed by atoms with Crippen molar-refractivity contribution in [3.63, 3.8) is 0 Å². The number of hydrogen-bond donors (Lipinski definition) is 3. The van der Waals surface area contributed by atoms with E-state index in [1.165, 1.54) is 7.11 Å². The molecule has 0 spiro atoms. The maximum atomic E-state index is 11.7. The van der Waals surface area contributed by atoms with Crippen molar-refractivity contribution in [3.05, 3.63) is 0 Å². The van der Waals surface area contributed by atoms with Crippen LogP contribution in [0.5, 0.6) is 0 Å².